The summed E-state index contributed by atoms with van der Waals surface area (Å²) in [6.07, 6.45) is 6.13. The largest absolute Gasteiger partial charge is 0.396 e. The molecule has 2 rings (SSSR count). The van der Waals surface area contributed by atoms with Gasteiger partial charge in [0.25, 0.3) is 0 Å². The first kappa shape index (κ1) is 10.4. The summed E-state index contributed by atoms with van der Waals surface area (Å²) in [5.41, 5.74) is 1.12. The van der Waals surface area contributed by atoms with Crippen LogP contribution in [0.15, 0.2) is 12.4 Å². The van der Waals surface area contributed by atoms with Crippen LogP contribution in [-0.2, 0) is 6.42 Å². The molecule has 15 heavy (non-hydrogen) atoms. The van der Waals surface area contributed by atoms with Crippen LogP contribution >= 0.6 is 0 Å². The highest BCUT2D eigenvalue weighted by Crippen LogP contribution is 2.32. The lowest BCUT2D eigenvalue weighted by Gasteiger charge is -2.05. The highest BCUT2D eigenvalue weighted by Gasteiger charge is 2.22. The second-order valence-electron chi connectivity index (χ2n) is 4.05. The molecule has 2 N–H and O–H groups in total. The third kappa shape index (κ3) is 3.47. The molecular weight excluding hydrogens is 190 g/mol. The Labute approximate surface area is 89.8 Å². The lowest BCUT2D eigenvalue weighted by atomic mass is 10.2. The average Bonchev–Trinajstić information content (AvgIpc) is 3.03. The van der Waals surface area contributed by atoms with Gasteiger partial charge in [-0.15, -0.1) is 0 Å². The molecule has 0 bridgehead atoms. The molecule has 0 amide bonds. The van der Waals surface area contributed by atoms with Gasteiger partial charge < -0.3 is 10.4 Å². The van der Waals surface area contributed by atoms with Crippen molar-refractivity contribution in [2.45, 2.75) is 25.7 Å². The van der Waals surface area contributed by atoms with Crippen LogP contribution in [0.5, 0.6) is 0 Å². The number of hydrogen-bond acceptors (Lipinski definition) is 4. The molecule has 0 unspecified atom stereocenters. The van der Waals surface area contributed by atoms with Crippen LogP contribution < -0.4 is 5.32 Å². The molecule has 0 atom stereocenters. The zero-order chi connectivity index (χ0) is 10.5. The fourth-order valence-corrected chi connectivity index (χ4v) is 1.52. The monoisotopic (exact) mass is 207 g/mol. The Morgan fingerprint density at radius 2 is 2.27 bits per heavy atom. The summed E-state index contributed by atoms with van der Waals surface area (Å²) in [5, 5.41) is 11.8. The van der Waals surface area contributed by atoms with E-state index in [1.807, 2.05) is 6.07 Å². The predicted molar refractivity (Wildman–Crippen MR) is 58.7 cm³/mol. The number of rotatable bonds is 6. The van der Waals surface area contributed by atoms with E-state index in [0.29, 0.717) is 0 Å². The molecular formula is C11H17N3O. The Hall–Kier alpha value is -1.16. The molecule has 82 valence electrons. The van der Waals surface area contributed by atoms with Gasteiger partial charge in [0.1, 0.15) is 12.1 Å². The molecule has 0 aromatic carbocycles. The molecule has 4 nitrogen and oxygen atoms in total. The van der Waals surface area contributed by atoms with Gasteiger partial charge in [-0.1, -0.05) is 0 Å². The lowest BCUT2D eigenvalue weighted by Crippen LogP contribution is -2.06. The van der Waals surface area contributed by atoms with Gasteiger partial charge in [0, 0.05) is 24.9 Å². The molecule has 0 radical (unpaired) electrons. The van der Waals surface area contributed by atoms with Crippen LogP contribution in [0.3, 0.4) is 0 Å². The average molecular weight is 207 g/mol. The zero-order valence-corrected chi connectivity index (χ0v) is 8.82. The maximum Gasteiger partial charge on any atom is 0.129 e. The Morgan fingerprint density at radius 1 is 1.40 bits per heavy atom. The molecule has 1 heterocycles. The van der Waals surface area contributed by atoms with Crippen molar-refractivity contribution in [3.63, 3.8) is 0 Å². The summed E-state index contributed by atoms with van der Waals surface area (Å²) in [6.45, 7) is 0.976. The quantitative estimate of drug-likeness (QED) is 0.689. The summed E-state index contributed by atoms with van der Waals surface area (Å²) in [7, 11) is 0. The third-order valence-corrected chi connectivity index (χ3v) is 2.56. The van der Waals surface area contributed by atoms with E-state index >= 15 is 0 Å². The summed E-state index contributed by atoms with van der Waals surface area (Å²) >= 11 is 0. The Morgan fingerprint density at radius 3 is 3.00 bits per heavy atom. The number of nitrogens with one attached hydrogen (secondary N) is 1. The second kappa shape index (κ2) is 5.07. The summed E-state index contributed by atoms with van der Waals surface area (Å²) in [5.74, 6) is 1.72. The SMILES string of the molecule is OCCCNc1cc(CC2CC2)ncn1. The van der Waals surface area contributed by atoms with Crippen LogP contribution in [0.2, 0.25) is 0 Å². The van der Waals surface area contributed by atoms with Gasteiger partial charge in [-0.05, 0) is 31.6 Å². The first-order valence-electron chi connectivity index (χ1n) is 5.54. The Bertz CT molecular complexity index is 312. The van der Waals surface area contributed by atoms with Crippen molar-refractivity contribution in [3.8, 4) is 0 Å². The molecule has 1 aromatic rings. The van der Waals surface area contributed by atoms with Gasteiger partial charge in [-0.3, -0.25) is 0 Å². The number of anilines is 1. The number of aliphatic hydroxyl groups excluding tert-OH is 1. The van der Waals surface area contributed by atoms with Crippen LogP contribution in [-0.4, -0.2) is 28.2 Å². The van der Waals surface area contributed by atoms with E-state index in [4.69, 9.17) is 5.11 Å². The fourth-order valence-electron chi connectivity index (χ4n) is 1.52. The van der Waals surface area contributed by atoms with E-state index in [-0.39, 0.29) is 6.61 Å². The van der Waals surface area contributed by atoms with Gasteiger partial charge in [0.2, 0.25) is 0 Å². The van der Waals surface area contributed by atoms with E-state index in [2.05, 4.69) is 15.3 Å². The van der Waals surface area contributed by atoms with Gasteiger partial charge in [-0.2, -0.15) is 0 Å². The number of hydrogen-bond donors (Lipinski definition) is 2. The predicted octanol–water partition coefficient (Wildman–Crippen LogP) is 1.22. The molecule has 1 aliphatic carbocycles. The van der Waals surface area contributed by atoms with Crippen LogP contribution in [0.1, 0.15) is 25.0 Å². The molecule has 1 fully saturated rings. The maximum absolute atomic E-state index is 8.65. The van der Waals surface area contributed by atoms with E-state index in [0.717, 1.165) is 36.8 Å². The minimum absolute atomic E-state index is 0.215. The molecule has 0 saturated heterocycles. The molecule has 0 aliphatic heterocycles. The van der Waals surface area contributed by atoms with Crippen molar-refractivity contribution in [1.82, 2.24) is 9.97 Å². The highest BCUT2D eigenvalue weighted by molar-refractivity contribution is 5.34. The first-order valence-corrected chi connectivity index (χ1v) is 5.54. The molecule has 1 aliphatic rings. The molecule has 1 aromatic heterocycles. The van der Waals surface area contributed by atoms with E-state index in [9.17, 15) is 0 Å². The van der Waals surface area contributed by atoms with E-state index in [1.165, 1.54) is 12.8 Å². The standard InChI is InChI=1S/C11H17N3O/c15-5-1-4-12-11-7-10(13-8-14-11)6-9-2-3-9/h7-9,15H,1-6H2,(H,12,13,14). The molecule has 0 spiro atoms. The van der Waals surface area contributed by atoms with Crippen LogP contribution in [0.25, 0.3) is 0 Å². The summed E-state index contributed by atoms with van der Waals surface area (Å²) in [4.78, 5) is 8.38. The minimum Gasteiger partial charge on any atom is -0.396 e. The Kier molecular flexibility index (Phi) is 3.50. The first-order chi connectivity index (χ1) is 7.38. The maximum atomic E-state index is 8.65. The highest BCUT2D eigenvalue weighted by atomic mass is 16.3. The van der Waals surface area contributed by atoms with Gasteiger partial charge in [-0.25, -0.2) is 9.97 Å². The Balaban J connectivity index is 1.86. The zero-order valence-electron chi connectivity index (χ0n) is 8.82. The van der Waals surface area contributed by atoms with Gasteiger partial charge in [0.15, 0.2) is 0 Å². The van der Waals surface area contributed by atoms with Crippen LogP contribution in [0.4, 0.5) is 5.82 Å². The minimum atomic E-state index is 0.215. The van der Waals surface area contributed by atoms with Crippen molar-refractivity contribution in [1.29, 1.82) is 0 Å². The van der Waals surface area contributed by atoms with Crippen LogP contribution in [0, 0.1) is 5.92 Å². The number of aromatic nitrogens is 2. The van der Waals surface area contributed by atoms with Crippen molar-refractivity contribution in [2.24, 2.45) is 5.92 Å². The molecule has 4 heteroatoms. The van der Waals surface area contributed by atoms with E-state index < -0.39 is 0 Å². The lowest BCUT2D eigenvalue weighted by molar-refractivity contribution is 0.292. The summed E-state index contributed by atoms with van der Waals surface area (Å²) < 4.78 is 0. The van der Waals surface area contributed by atoms with Crippen molar-refractivity contribution in [3.05, 3.63) is 18.1 Å². The van der Waals surface area contributed by atoms with Crippen molar-refractivity contribution < 1.29 is 5.11 Å². The fraction of sp³-hybridized carbons (Fsp3) is 0.636. The van der Waals surface area contributed by atoms with Gasteiger partial charge >= 0.3 is 0 Å². The third-order valence-electron chi connectivity index (χ3n) is 2.56. The van der Waals surface area contributed by atoms with Crippen molar-refractivity contribution in [2.75, 3.05) is 18.5 Å². The van der Waals surface area contributed by atoms with E-state index in [1.54, 1.807) is 6.33 Å². The molecule has 1 saturated carbocycles. The number of nitrogens with zero attached hydrogens (tertiary/aromatic N) is 2. The number of aliphatic hydroxyl groups is 1. The van der Waals surface area contributed by atoms with Crippen molar-refractivity contribution >= 4 is 5.82 Å². The smallest absolute Gasteiger partial charge is 0.129 e. The second-order valence-corrected chi connectivity index (χ2v) is 4.05. The van der Waals surface area contributed by atoms with Gasteiger partial charge in [0.05, 0.1) is 0 Å². The summed E-state index contributed by atoms with van der Waals surface area (Å²) in [6, 6.07) is 2.01. The topological polar surface area (TPSA) is 58.0 Å². The normalized spacial score (nSPS) is 15.3.